The zero-order valence-electron chi connectivity index (χ0n) is 16.0. The highest BCUT2D eigenvalue weighted by molar-refractivity contribution is 7.59. The third-order valence-electron chi connectivity index (χ3n) is 4.58. The SMILES string of the molecule is CCC(CC)O[P@](=O)(C/C=C/Cc1ccccc1)CCc1ccccc1. The Bertz CT molecular complexity index is 691. The normalized spacial score (nSPS) is 14.0. The van der Waals surface area contributed by atoms with Crippen molar-refractivity contribution in [2.45, 2.75) is 45.6 Å². The van der Waals surface area contributed by atoms with Gasteiger partial charge >= 0.3 is 0 Å². The minimum absolute atomic E-state index is 0.0825. The van der Waals surface area contributed by atoms with Crippen molar-refractivity contribution in [2.24, 2.45) is 0 Å². The molecular formula is C23H31O2P. The summed E-state index contributed by atoms with van der Waals surface area (Å²) in [5, 5.41) is 0. The van der Waals surface area contributed by atoms with Crippen molar-refractivity contribution in [3.8, 4) is 0 Å². The van der Waals surface area contributed by atoms with Crippen LogP contribution in [0.3, 0.4) is 0 Å². The molecule has 2 aromatic rings. The van der Waals surface area contributed by atoms with Gasteiger partial charge in [-0.25, -0.2) is 0 Å². The number of benzene rings is 2. The summed E-state index contributed by atoms with van der Waals surface area (Å²) in [5.41, 5.74) is 2.48. The van der Waals surface area contributed by atoms with Gasteiger partial charge in [0.15, 0.2) is 0 Å². The molecule has 0 aromatic heterocycles. The Labute approximate surface area is 158 Å². The van der Waals surface area contributed by atoms with Crippen LogP contribution in [0.4, 0.5) is 0 Å². The molecule has 2 rings (SSSR count). The number of rotatable bonds is 11. The molecule has 26 heavy (non-hydrogen) atoms. The summed E-state index contributed by atoms with van der Waals surface area (Å²) >= 11 is 0. The molecular weight excluding hydrogens is 339 g/mol. The largest absolute Gasteiger partial charge is 0.325 e. The van der Waals surface area contributed by atoms with Crippen molar-refractivity contribution >= 4 is 7.37 Å². The maximum absolute atomic E-state index is 13.5. The van der Waals surface area contributed by atoms with Crippen molar-refractivity contribution in [1.29, 1.82) is 0 Å². The molecule has 0 radical (unpaired) electrons. The predicted octanol–water partition coefficient (Wildman–Crippen LogP) is 6.51. The Hall–Kier alpha value is -1.63. The van der Waals surface area contributed by atoms with Crippen LogP contribution < -0.4 is 0 Å². The first-order valence-electron chi connectivity index (χ1n) is 9.64. The quantitative estimate of drug-likeness (QED) is 0.333. The van der Waals surface area contributed by atoms with E-state index in [-0.39, 0.29) is 6.10 Å². The van der Waals surface area contributed by atoms with E-state index < -0.39 is 7.37 Å². The Morgan fingerprint density at radius 1 is 0.885 bits per heavy atom. The standard InChI is InChI=1S/C23H31O2P/c1-3-23(4-2)25-26(24,20-18-22-15-9-6-10-16-22)19-12-11-17-21-13-7-5-8-14-21/h5-16,23H,3-4,17-20H2,1-2H3/b12-11+/t26-/m1/s1. The minimum atomic E-state index is -2.68. The summed E-state index contributed by atoms with van der Waals surface area (Å²) in [5.74, 6) is 0. The van der Waals surface area contributed by atoms with Crippen LogP contribution in [0.1, 0.15) is 37.8 Å². The second-order valence-corrected chi connectivity index (χ2v) is 9.31. The van der Waals surface area contributed by atoms with Gasteiger partial charge in [-0.3, -0.25) is 4.57 Å². The van der Waals surface area contributed by atoms with E-state index in [9.17, 15) is 4.57 Å². The van der Waals surface area contributed by atoms with E-state index in [2.05, 4.69) is 44.2 Å². The van der Waals surface area contributed by atoms with Crippen LogP contribution in [0.15, 0.2) is 72.8 Å². The first kappa shape index (κ1) is 20.7. The van der Waals surface area contributed by atoms with Crippen molar-refractivity contribution in [1.82, 2.24) is 0 Å². The van der Waals surface area contributed by atoms with E-state index in [0.717, 1.165) is 25.7 Å². The second kappa shape index (κ2) is 11.2. The van der Waals surface area contributed by atoms with Gasteiger partial charge < -0.3 is 4.52 Å². The van der Waals surface area contributed by atoms with Crippen LogP contribution in [0.25, 0.3) is 0 Å². The van der Waals surface area contributed by atoms with Crippen molar-refractivity contribution < 1.29 is 9.09 Å². The van der Waals surface area contributed by atoms with Gasteiger partial charge in [-0.05, 0) is 36.8 Å². The third kappa shape index (κ3) is 7.32. The Morgan fingerprint density at radius 2 is 1.46 bits per heavy atom. The summed E-state index contributed by atoms with van der Waals surface area (Å²) in [7, 11) is -2.68. The molecule has 0 N–H and O–H groups in total. The molecule has 0 fully saturated rings. The lowest BCUT2D eigenvalue weighted by Gasteiger charge is -2.23. The Balaban J connectivity index is 1.98. The monoisotopic (exact) mass is 370 g/mol. The molecule has 140 valence electrons. The molecule has 0 aliphatic rings. The number of allylic oxidation sites excluding steroid dienone is 2. The van der Waals surface area contributed by atoms with Crippen molar-refractivity contribution in [3.63, 3.8) is 0 Å². The van der Waals surface area contributed by atoms with Gasteiger partial charge in [-0.1, -0.05) is 86.7 Å². The van der Waals surface area contributed by atoms with Gasteiger partial charge in [0.25, 0.3) is 0 Å². The van der Waals surface area contributed by atoms with Crippen molar-refractivity contribution in [3.05, 3.63) is 83.9 Å². The first-order valence-corrected chi connectivity index (χ1v) is 11.6. The average Bonchev–Trinajstić information content (AvgIpc) is 2.70. The lowest BCUT2D eigenvalue weighted by molar-refractivity contribution is 0.196. The fourth-order valence-corrected chi connectivity index (χ4v) is 5.19. The second-order valence-electron chi connectivity index (χ2n) is 6.66. The lowest BCUT2D eigenvalue weighted by Crippen LogP contribution is -2.12. The smallest absolute Gasteiger partial charge is 0.207 e. The number of hydrogen-bond donors (Lipinski definition) is 0. The zero-order valence-corrected chi connectivity index (χ0v) is 16.9. The Kier molecular flexibility index (Phi) is 8.88. The summed E-state index contributed by atoms with van der Waals surface area (Å²) in [6.07, 6.45) is 8.82. The van der Waals surface area contributed by atoms with Crippen LogP contribution in [-0.4, -0.2) is 18.4 Å². The molecule has 0 saturated carbocycles. The summed E-state index contributed by atoms with van der Waals surface area (Å²) in [4.78, 5) is 0. The van der Waals surface area contributed by atoms with Crippen LogP contribution in [-0.2, 0) is 21.9 Å². The molecule has 2 nitrogen and oxygen atoms in total. The van der Waals surface area contributed by atoms with Crippen LogP contribution in [0.5, 0.6) is 0 Å². The number of aryl methyl sites for hydroxylation is 1. The molecule has 0 aliphatic carbocycles. The molecule has 0 unspecified atom stereocenters. The van der Waals surface area contributed by atoms with Gasteiger partial charge in [0, 0.05) is 12.3 Å². The molecule has 0 heterocycles. The van der Waals surface area contributed by atoms with E-state index in [0.29, 0.717) is 12.3 Å². The van der Waals surface area contributed by atoms with Crippen LogP contribution >= 0.6 is 7.37 Å². The average molecular weight is 370 g/mol. The van der Waals surface area contributed by atoms with E-state index in [1.165, 1.54) is 11.1 Å². The number of hydrogen-bond acceptors (Lipinski definition) is 2. The topological polar surface area (TPSA) is 26.3 Å². The van der Waals surface area contributed by atoms with Gasteiger partial charge in [-0.15, -0.1) is 0 Å². The molecule has 2 aromatic carbocycles. The first-order chi connectivity index (χ1) is 12.6. The van der Waals surface area contributed by atoms with Gasteiger partial charge in [0.05, 0.1) is 6.10 Å². The molecule has 3 heteroatoms. The lowest BCUT2D eigenvalue weighted by atomic mass is 10.1. The highest BCUT2D eigenvalue weighted by Gasteiger charge is 2.24. The van der Waals surface area contributed by atoms with Crippen molar-refractivity contribution in [2.75, 3.05) is 12.3 Å². The summed E-state index contributed by atoms with van der Waals surface area (Å²) in [6.45, 7) is 4.20. The summed E-state index contributed by atoms with van der Waals surface area (Å²) < 4.78 is 19.6. The van der Waals surface area contributed by atoms with Crippen LogP contribution in [0.2, 0.25) is 0 Å². The maximum atomic E-state index is 13.5. The van der Waals surface area contributed by atoms with Gasteiger partial charge in [0.1, 0.15) is 0 Å². The summed E-state index contributed by atoms with van der Waals surface area (Å²) in [6, 6.07) is 20.6. The molecule has 0 spiro atoms. The molecule has 0 bridgehead atoms. The van der Waals surface area contributed by atoms with Crippen LogP contribution in [0, 0.1) is 0 Å². The predicted molar refractivity (Wildman–Crippen MR) is 112 cm³/mol. The molecule has 1 atom stereocenters. The Morgan fingerprint density at radius 3 is 2.04 bits per heavy atom. The van der Waals surface area contributed by atoms with E-state index in [4.69, 9.17) is 4.52 Å². The van der Waals surface area contributed by atoms with E-state index >= 15 is 0 Å². The fraction of sp³-hybridized carbons (Fsp3) is 0.391. The highest BCUT2D eigenvalue weighted by Crippen LogP contribution is 2.49. The molecule has 0 amide bonds. The van der Waals surface area contributed by atoms with Gasteiger partial charge in [-0.2, -0.15) is 0 Å². The van der Waals surface area contributed by atoms with E-state index in [1.807, 2.05) is 42.5 Å². The maximum Gasteiger partial charge on any atom is 0.207 e. The highest BCUT2D eigenvalue weighted by atomic mass is 31.2. The van der Waals surface area contributed by atoms with E-state index in [1.54, 1.807) is 0 Å². The third-order valence-corrected chi connectivity index (χ3v) is 6.94. The molecule has 0 aliphatic heterocycles. The van der Waals surface area contributed by atoms with Gasteiger partial charge in [0.2, 0.25) is 7.37 Å². The minimum Gasteiger partial charge on any atom is -0.325 e. The zero-order chi connectivity index (χ0) is 18.7. The molecule has 0 saturated heterocycles. The fourth-order valence-electron chi connectivity index (χ4n) is 2.91.